The van der Waals surface area contributed by atoms with Crippen molar-refractivity contribution >= 4 is 52.5 Å². The van der Waals surface area contributed by atoms with E-state index >= 15 is 0 Å². The second-order valence-corrected chi connectivity index (χ2v) is 7.14. The van der Waals surface area contributed by atoms with Gasteiger partial charge in [0, 0.05) is 11.8 Å². The van der Waals surface area contributed by atoms with Gasteiger partial charge in [-0.15, -0.1) is 0 Å². The van der Waals surface area contributed by atoms with E-state index in [4.69, 9.17) is 12.2 Å². The zero-order chi connectivity index (χ0) is 21.8. The van der Waals surface area contributed by atoms with E-state index < -0.39 is 0 Å². The van der Waals surface area contributed by atoms with Crippen molar-refractivity contribution in [2.24, 2.45) is 0 Å². The van der Waals surface area contributed by atoms with E-state index in [9.17, 15) is 14.4 Å². The van der Waals surface area contributed by atoms with Gasteiger partial charge in [-0.05, 0) is 54.2 Å². The summed E-state index contributed by atoms with van der Waals surface area (Å²) in [5.74, 6) is -1.13. The van der Waals surface area contributed by atoms with Gasteiger partial charge in [-0.3, -0.25) is 19.7 Å². The zero-order valence-electron chi connectivity index (χ0n) is 16.2. The number of imide groups is 1. The maximum atomic E-state index is 12.7. The number of carbonyl (C=O) groups excluding carboxylic acids is 3. The normalized spacial score (nSPS) is 12.7. The zero-order valence-corrected chi connectivity index (χ0v) is 17.1. The smallest absolute Gasteiger partial charge is 0.266 e. The van der Waals surface area contributed by atoms with E-state index in [1.165, 1.54) is 6.08 Å². The van der Waals surface area contributed by atoms with E-state index in [0.717, 1.165) is 10.5 Å². The number of rotatable bonds is 4. The second-order valence-electron chi connectivity index (χ2n) is 6.73. The quantitative estimate of drug-likeness (QED) is 0.374. The highest BCUT2D eigenvalue weighted by Gasteiger charge is 2.36. The first-order valence-corrected chi connectivity index (χ1v) is 9.87. The minimum atomic E-state index is -0.377. The Morgan fingerprint density at radius 1 is 0.839 bits per heavy atom. The molecule has 0 aliphatic carbocycles. The Hall–Kier alpha value is -4.10. The molecule has 0 radical (unpaired) electrons. The summed E-state index contributed by atoms with van der Waals surface area (Å²) in [5, 5.41) is 5.57. The first kappa shape index (κ1) is 20.2. The molecule has 0 fully saturated rings. The van der Waals surface area contributed by atoms with Crippen LogP contribution in [0.2, 0.25) is 0 Å². The van der Waals surface area contributed by atoms with Gasteiger partial charge in [-0.1, -0.05) is 48.5 Å². The highest BCUT2D eigenvalue weighted by Crippen LogP contribution is 2.29. The van der Waals surface area contributed by atoms with Gasteiger partial charge in [0.1, 0.15) is 0 Å². The lowest BCUT2D eigenvalue weighted by Crippen LogP contribution is -2.33. The van der Waals surface area contributed by atoms with Gasteiger partial charge in [0.2, 0.25) is 5.91 Å². The average molecular weight is 427 g/mol. The Morgan fingerprint density at radius 2 is 1.48 bits per heavy atom. The third-order valence-corrected chi connectivity index (χ3v) is 4.82. The van der Waals surface area contributed by atoms with Crippen molar-refractivity contribution in [3.63, 3.8) is 0 Å². The summed E-state index contributed by atoms with van der Waals surface area (Å²) in [6.07, 6.45) is 3.07. The fourth-order valence-corrected chi connectivity index (χ4v) is 3.42. The maximum Gasteiger partial charge on any atom is 0.266 e. The lowest BCUT2D eigenvalue weighted by Gasteiger charge is -2.16. The largest absolute Gasteiger partial charge is 0.332 e. The van der Waals surface area contributed by atoms with E-state index in [1.54, 1.807) is 54.6 Å². The van der Waals surface area contributed by atoms with Crippen molar-refractivity contribution in [2.75, 3.05) is 10.2 Å². The molecular formula is C24H17N3O3S. The van der Waals surface area contributed by atoms with Crippen molar-refractivity contribution in [3.8, 4) is 0 Å². The molecule has 1 aliphatic heterocycles. The molecule has 0 saturated heterocycles. The number of amides is 3. The lowest BCUT2D eigenvalue weighted by molar-refractivity contribution is -0.115. The molecule has 3 aromatic carbocycles. The molecule has 1 aliphatic rings. The van der Waals surface area contributed by atoms with Crippen molar-refractivity contribution < 1.29 is 14.4 Å². The van der Waals surface area contributed by atoms with Crippen LogP contribution in [0.1, 0.15) is 26.3 Å². The number of benzene rings is 3. The van der Waals surface area contributed by atoms with Crippen LogP contribution in [0.4, 0.5) is 11.4 Å². The Kier molecular flexibility index (Phi) is 5.68. The molecule has 31 heavy (non-hydrogen) atoms. The van der Waals surface area contributed by atoms with Gasteiger partial charge in [0.15, 0.2) is 5.11 Å². The molecule has 3 amide bonds. The molecule has 1 heterocycles. The topological polar surface area (TPSA) is 78.5 Å². The van der Waals surface area contributed by atoms with Crippen LogP contribution in [0.25, 0.3) is 6.08 Å². The average Bonchev–Trinajstić information content (AvgIpc) is 3.03. The van der Waals surface area contributed by atoms with Gasteiger partial charge < -0.3 is 5.32 Å². The van der Waals surface area contributed by atoms with Crippen molar-refractivity contribution in [2.45, 2.75) is 0 Å². The monoisotopic (exact) mass is 427 g/mol. The Morgan fingerprint density at radius 3 is 2.16 bits per heavy atom. The number of thiocarbonyl (C=S) groups is 1. The van der Waals surface area contributed by atoms with Gasteiger partial charge in [0.05, 0.1) is 16.8 Å². The summed E-state index contributed by atoms with van der Waals surface area (Å²) < 4.78 is 0. The number of carbonyl (C=O) groups is 3. The minimum absolute atomic E-state index is 0.0993. The predicted molar refractivity (Wildman–Crippen MR) is 124 cm³/mol. The van der Waals surface area contributed by atoms with E-state index in [-0.39, 0.29) is 22.8 Å². The van der Waals surface area contributed by atoms with E-state index in [2.05, 4.69) is 10.6 Å². The Bertz CT molecular complexity index is 1190. The second kappa shape index (κ2) is 8.73. The molecule has 7 heteroatoms. The first-order chi connectivity index (χ1) is 15.0. The summed E-state index contributed by atoms with van der Waals surface area (Å²) in [7, 11) is 0. The third kappa shape index (κ3) is 4.41. The van der Waals surface area contributed by atoms with Crippen molar-refractivity contribution in [3.05, 3.63) is 102 Å². The summed E-state index contributed by atoms with van der Waals surface area (Å²) in [6.45, 7) is 0. The van der Waals surface area contributed by atoms with Crippen LogP contribution in [0.15, 0.2) is 84.9 Å². The van der Waals surface area contributed by atoms with E-state index in [0.29, 0.717) is 22.5 Å². The molecule has 0 saturated carbocycles. The van der Waals surface area contributed by atoms with Crippen LogP contribution >= 0.6 is 12.2 Å². The van der Waals surface area contributed by atoms with Crippen LogP contribution in [0.5, 0.6) is 0 Å². The highest BCUT2D eigenvalue weighted by atomic mass is 32.1. The molecule has 0 bridgehead atoms. The third-order valence-electron chi connectivity index (χ3n) is 4.62. The fourth-order valence-electron chi connectivity index (χ4n) is 3.20. The molecule has 0 unspecified atom stereocenters. The van der Waals surface area contributed by atoms with Gasteiger partial charge in [-0.2, -0.15) is 0 Å². The summed E-state index contributed by atoms with van der Waals surface area (Å²) >= 11 is 5.20. The molecule has 0 atom stereocenters. The predicted octanol–water partition coefficient (Wildman–Crippen LogP) is 4.01. The standard InChI is InChI=1S/C24H17N3O3S/c28-21(14-13-16-7-2-1-3-8-16)26-24(31)25-17-9-6-10-18(15-17)27-22(29)19-11-4-5-12-20(19)23(27)30/h1-15H,(H2,25,26,28,31). The number of anilines is 2. The van der Waals surface area contributed by atoms with Gasteiger partial charge in [-0.25, -0.2) is 4.90 Å². The van der Waals surface area contributed by atoms with Gasteiger partial charge in [0.25, 0.3) is 11.8 Å². The van der Waals surface area contributed by atoms with E-state index in [1.807, 2.05) is 30.3 Å². The molecule has 6 nitrogen and oxygen atoms in total. The molecular weight excluding hydrogens is 410 g/mol. The van der Waals surface area contributed by atoms with Crippen LogP contribution in [-0.2, 0) is 4.79 Å². The highest BCUT2D eigenvalue weighted by molar-refractivity contribution is 7.80. The number of nitrogens with zero attached hydrogens (tertiary/aromatic N) is 1. The molecule has 3 aromatic rings. The number of nitrogens with one attached hydrogen (secondary N) is 2. The van der Waals surface area contributed by atoms with Crippen LogP contribution < -0.4 is 15.5 Å². The SMILES string of the molecule is O=C(C=Cc1ccccc1)NC(=S)Nc1cccc(N2C(=O)c3ccccc3C2=O)c1. The first-order valence-electron chi connectivity index (χ1n) is 9.46. The number of hydrogen-bond donors (Lipinski definition) is 2. The summed E-state index contributed by atoms with van der Waals surface area (Å²) in [5.41, 5.74) is 2.59. The number of hydrogen-bond acceptors (Lipinski definition) is 4. The molecule has 0 aromatic heterocycles. The Labute approximate surface area is 184 Å². The molecule has 4 rings (SSSR count). The van der Waals surface area contributed by atoms with Crippen LogP contribution in [0.3, 0.4) is 0 Å². The van der Waals surface area contributed by atoms with Crippen molar-refractivity contribution in [1.29, 1.82) is 0 Å². The lowest BCUT2D eigenvalue weighted by atomic mass is 10.1. The fraction of sp³-hybridized carbons (Fsp3) is 0. The molecule has 2 N–H and O–H groups in total. The Balaban J connectivity index is 1.43. The molecule has 152 valence electrons. The summed E-state index contributed by atoms with van der Waals surface area (Å²) in [6, 6.07) is 22.8. The van der Waals surface area contributed by atoms with Crippen molar-refractivity contribution in [1.82, 2.24) is 5.32 Å². The van der Waals surface area contributed by atoms with Crippen LogP contribution in [-0.4, -0.2) is 22.8 Å². The van der Waals surface area contributed by atoms with Gasteiger partial charge >= 0.3 is 0 Å². The minimum Gasteiger partial charge on any atom is -0.332 e. The number of fused-ring (bicyclic) bond motifs is 1. The maximum absolute atomic E-state index is 12.7. The van der Waals surface area contributed by atoms with Crippen LogP contribution in [0, 0.1) is 0 Å². The summed E-state index contributed by atoms with van der Waals surface area (Å²) in [4.78, 5) is 38.5. The molecule has 0 spiro atoms.